The molecular weight excluding hydrogens is 356 g/mol. The molecule has 28 heavy (non-hydrogen) atoms. The van der Waals surface area contributed by atoms with Crippen molar-refractivity contribution in [2.24, 2.45) is 5.92 Å². The number of aliphatic carboxylic acids is 1. The van der Waals surface area contributed by atoms with E-state index in [9.17, 15) is 9.90 Å². The van der Waals surface area contributed by atoms with E-state index in [0.717, 1.165) is 23.2 Å². The van der Waals surface area contributed by atoms with E-state index in [0.29, 0.717) is 24.2 Å². The molecule has 1 aromatic heterocycles. The topological polar surface area (TPSA) is 75.8 Å². The molecule has 1 fully saturated rings. The summed E-state index contributed by atoms with van der Waals surface area (Å²) in [5, 5.41) is 9.29. The summed E-state index contributed by atoms with van der Waals surface area (Å²) >= 11 is 0. The van der Waals surface area contributed by atoms with Crippen molar-refractivity contribution in [3.8, 4) is 5.75 Å². The first-order valence-electron chi connectivity index (χ1n) is 9.52. The van der Waals surface area contributed by atoms with Gasteiger partial charge in [-0.05, 0) is 62.4 Å². The van der Waals surface area contributed by atoms with E-state index in [4.69, 9.17) is 9.15 Å². The predicted molar refractivity (Wildman–Crippen MR) is 107 cm³/mol. The molecule has 1 N–H and O–H groups in total. The van der Waals surface area contributed by atoms with Gasteiger partial charge in [0.25, 0.3) is 6.01 Å². The van der Waals surface area contributed by atoms with Crippen molar-refractivity contribution >= 4 is 23.1 Å². The Morgan fingerprint density at radius 3 is 2.75 bits per heavy atom. The van der Waals surface area contributed by atoms with E-state index >= 15 is 0 Å². The number of para-hydroxylation sites is 2. The molecule has 1 heterocycles. The lowest BCUT2D eigenvalue weighted by molar-refractivity contribution is -0.152. The number of nitrogens with zero attached hydrogens (tertiary/aromatic N) is 2. The molecule has 6 heteroatoms. The number of benzene rings is 2. The molecule has 3 aromatic rings. The highest BCUT2D eigenvalue weighted by Gasteiger charge is 2.30. The van der Waals surface area contributed by atoms with Gasteiger partial charge in [-0.3, -0.25) is 0 Å². The Morgan fingerprint density at radius 2 is 2.04 bits per heavy atom. The highest BCUT2D eigenvalue weighted by molar-refractivity contribution is 5.76. The number of oxazole rings is 1. The van der Waals surface area contributed by atoms with Crippen molar-refractivity contribution in [3.63, 3.8) is 0 Å². The van der Waals surface area contributed by atoms with Crippen molar-refractivity contribution in [3.05, 3.63) is 54.1 Å². The summed E-state index contributed by atoms with van der Waals surface area (Å²) in [6.07, 6.45) is 2.46. The number of aromatic nitrogens is 1. The summed E-state index contributed by atoms with van der Waals surface area (Å²) in [5.74, 6) is 0.203. The molecule has 1 aliphatic rings. The molecule has 0 bridgehead atoms. The molecule has 0 spiro atoms. The molecule has 1 saturated carbocycles. The monoisotopic (exact) mass is 380 g/mol. The van der Waals surface area contributed by atoms with Crippen LogP contribution in [0.2, 0.25) is 0 Å². The molecule has 6 nitrogen and oxygen atoms in total. The van der Waals surface area contributed by atoms with Crippen LogP contribution in [0.3, 0.4) is 0 Å². The van der Waals surface area contributed by atoms with Gasteiger partial charge in [-0.1, -0.05) is 24.3 Å². The number of anilines is 1. The standard InChI is InChI=1S/C22H24N2O4/c1-22(2,20(25)26)28-17-7-5-6-16(12-17)14-24(13-15-10-11-15)21-23-18-8-3-4-9-19(18)27-21/h3-9,12,15H,10-11,13-14H2,1-2H3,(H,25,26). The van der Waals surface area contributed by atoms with Crippen LogP contribution in [0.15, 0.2) is 52.9 Å². The molecule has 2 aromatic carbocycles. The maximum Gasteiger partial charge on any atom is 0.347 e. The van der Waals surface area contributed by atoms with Gasteiger partial charge in [0.15, 0.2) is 11.2 Å². The molecule has 0 amide bonds. The Hall–Kier alpha value is -3.02. The zero-order chi connectivity index (χ0) is 19.7. The molecule has 4 rings (SSSR count). The van der Waals surface area contributed by atoms with E-state index in [1.165, 1.54) is 12.8 Å². The van der Waals surface area contributed by atoms with Crippen molar-refractivity contribution in [1.29, 1.82) is 0 Å². The Kier molecular flexibility index (Phi) is 4.71. The van der Waals surface area contributed by atoms with Gasteiger partial charge < -0.3 is 19.2 Å². The maximum absolute atomic E-state index is 11.3. The fourth-order valence-corrected chi connectivity index (χ4v) is 3.08. The summed E-state index contributed by atoms with van der Waals surface area (Å²) in [5.41, 5.74) is 1.35. The lowest BCUT2D eigenvalue weighted by atomic mass is 10.1. The highest BCUT2D eigenvalue weighted by Crippen LogP contribution is 2.33. The van der Waals surface area contributed by atoms with Crippen LogP contribution in [0.25, 0.3) is 11.1 Å². The van der Waals surface area contributed by atoms with E-state index in [-0.39, 0.29) is 0 Å². The van der Waals surface area contributed by atoms with Crippen LogP contribution in [0.1, 0.15) is 32.3 Å². The first-order valence-corrected chi connectivity index (χ1v) is 9.52. The number of carboxylic acid groups (broad SMARTS) is 1. The second-order valence-corrected chi connectivity index (χ2v) is 7.85. The fourth-order valence-electron chi connectivity index (χ4n) is 3.08. The molecule has 0 aliphatic heterocycles. The first kappa shape index (κ1) is 18.3. The number of hydrogen-bond donors (Lipinski definition) is 1. The van der Waals surface area contributed by atoms with Crippen LogP contribution in [0.5, 0.6) is 5.75 Å². The van der Waals surface area contributed by atoms with Gasteiger partial charge in [-0.2, -0.15) is 4.98 Å². The smallest absolute Gasteiger partial charge is 0.347 e. The van der Waals surface area contributed by atoms with Crippen molar-refractivity contribution in [2.45, 2.75) is 38.8 Å². The van der Waals surface area contributed by atoms with Gasteiger partial charge in [-0.25, -0.2) is 4.79 Å². The molecule has 146 valence electrons. The molecular formula is C22H24N2O4. The SMILES string of the molecule is CC(C)(Oc1cccc(CN(CC2CC2)c2nc3ccccc3o2)c1)C(=O)O. The molecule has 0 radical (unpaired) electrons. The van der Waals surface area contributed by atoms with Gasteiger partial charge >= 0.3 is 5.97 Å². The van der Waals surface area contributed by atoms with Crippen LogP contribution in [-0.4, -0.2) is 28.2 Å². The van der Waals surface area contributed by atoms with Gasteiger partial charge in [0.1, 0.15) is 11.3 Å². The van der Waals surface area contributed by atoms with Crippen LogP contribution in [0.4, 0.5) is 6.01 Å². The number of carbonyl (C=O) groups is 1. The van der Waals surface area contributed by atoms with Crippen molar-refractivity contribution < 1.29 is 19.1 Å². The second kappa shape index (κ2) is 7.19. The number of carboxylic acids is 1. The van der Waals surface area contributed by atoms with Gasteiger partial charge in [0.05, 0.1) is 0 Å². The average molecular weight is 380 g/mol. The lowest BCUT2D eigenvalue weighted by Crippen LogP contribution is -2.37. The minimum atomic E-state index is -1.29. The highest BCUT2D eigenvalue weighted by atomic mass is 16.5. The van der Waals surface area contributed by atoms with Gasteiger partial charge in [0.2, 0.25) is 0 Å². The lowest BCUT2D eigenvalue weighted by Gasteiger charge is -2.23. The zero-order valence-corrected chi connectivity index (χ0v) is 16.1. The fraction of sp³-hybridized carbons (Fsp3) is 0.364. The van der Waals surface area contributed by atoms with Crippen LogP contribution in [-0.2, 0) is 11.3 Å². The Bertz CT molecular complexity index is 958. The quantitative estimate of drug-likeness (QED) is 0.621. The third-order valence-electron chi connectivity index (χ3n) is 4.89. The predicted octanol–water partition coefficient (Wildman–Crippen LogP) is 4.49. The zero-order valence-electron chi connectivity index (χ0n) is 16.1. The maximum atomic E-state index is 11.3. The number of fused-ring (bicyclic) bond motifs is 1. The Morgan fingerprint density at radius 1 is 1.25 bits per heavy atom. The third kappa shape index (κ3) is 4.11. The molecule has 1 aliphatic carbocycles. The van der Waals surface area contributed by atoms with E-state index in [1.807, 2.05) is 42.5 Å². The van der Waals surface area contributed by atoms with Crippen LogP contribution < -0.4 is 9.64 Å². The van der Waals surface area contributed by atoms with Crippen LogP contribution >= 0.6 is 0 Å². The summed E-state index contributed by atoms with van der Waals surface area (Å²) in [4.78, 5) is 18.1. The van der Waals surface area contributed by atoms with Crippen molar-refractivity contribution in [1.82, 2.24) is 4.98 Å². The van der Waals surface area contributed by atoms with Crippen LogP contribution in [0, 0.1) is 5.92 Å². The summed E-state index contributed by atoms with van der Waals surface area (Å²) in [6.45, 7) is 4.59. The molecule has 0 unspecified atom stereocenters. The number of ether oxygens (including phenoxy) is 1. The Labute approximate surface area is 163 Å². The van der Waals surface area contributed by atoms with Crippen molar-refractivity contribution in [2.75, 3.05) is 11.4 Å². The molecule has 0 saturated heterocycles. The van der Waals surface area contributed by atoms with E-state index < -0.39 is 11.6 Å². The average Bonchev–Trinajstić information content (AvgIpc) is 3.36. The number of hydrogen-bond acceptors (Lipinski definition) is 5. The first-order chi connectivity index (χ1) is 13.4. The number of rotatable bonds is 8. The summed E-state index contributed by atoms with van der Waals surface area (Å²) < 4.78 is 11.7. The van der Waals surface area contributed by atoms with E-state index in [1.54, 1.807) is 19.9 Å². The third-order valence-corrected chi connectivity index (χ3v) is 4.89. The van der Waals surface area contributed by atoms with Gasteiger partial charge in [0, 0.05) is 13.1 Å². The second-order valence-electron chi connectivity index (χ2n) is 7.85. The summed E-state index contributed by atoms with van der Waals surface area (Å²) in [7, 11) is 0. The van der Waals surface area contributed by atoms with Gasteiger partial charge in [-0.15, -0.1) is 0 Å². The Balaban J connectivity index is 1.57. The minimum Gasteiger partial charge on any atom is -0.478 e. The minimum absolute atomic E-state index is 0.536. The van der Waals surface area contributed by atoms with E-state index in [2.05, 4.69) is 9.88 Å². The molecule has 0 atom stereocenters. The summed E-state index contributed by atoms with van der Waals surface area (Å²) in [6, 6.07) is 15.9. The largest absolute Gasteiger partial charge is 0.478 e. The normalized spacial score (nSPS) is 14.2.